The molecule has 0 aromatic heterocycles. The van der Waals surface area contributed by atoms with Crippen LogP contribution >= 0.6 is 0 Å². The largest absolute Gasteiger partial charge is 0.0648 e. The summed E-state index contributed by atoms with van der Waals surface area (Å²) < 4.78 is 7.71. The Bertz CT molecular complexity index is 239. The van der Waals surface area contributed by atoms with Gasteiger partial charge in [0.1, 0.15) is 0 Å². The highest BCUT2D eigenvalue weighted by atomic mass is 14.1. The molecule has 0 amide bonds. The van der Waals surface area contributed by atoms with Crippen molar-refractivity contribution in [1.82, 2.24) is 0 Å². The summed E-state index contributed by atoms with van der Waals surface area (Å²) in [5, 5.41) is 0. The smallest absolute Gasteiger partial charge is 0.0626 e. The third-order valence-corrected chi connectivity index (χ3v) is 2.16. The van der Waals surface area contributed by atoms with Crippen molar-refractivity contribution >= 4 is 0 Å². The molecule has 0 aliphatic rings. The van der Waals surface area contributed by atoms with E-state index in [1.165, 1.54) is 5.56 Å². The highest BCUT2D eigenvalue weighted by Crippen LogP contribution is 2.21. The van der Waals surface area contributed by atoms with Crippen LogP contribution in [0.4, 0.5) is 0 Å². The van der Waals surface area contributed by atoms with Crippen molar-refractivity contribution in [2.75, 3.05) is 0 Å². The third kappa shape index (κ3) is 2.07. The zero-order valence-electron chi connectivity index (χ0n) is 8.30. The Morgan fingerprint density at radius 2 is 2.00 bits per heavy atom. The summed E-state index contributed by atoms with van der Waals surface area (Å²) in [5.74, 6) is 0.568. The Morgan fingerprint density at radius 3 is 2.55 bits per heavy atom. The van der Waals surface area contributed by atoms with Crippen LogP contribution in [0.3, 0.4) is 0 Å². The van der Waals surface area contributed by atoms with Gasteiger partial charge in [-0.3, -0.25) is 0 Å². The molecular formula is C11H16. The summed E-state index contributed by atoms with van der Waals surface area (Å²) in [7, 11) is 0. The van der Waals surface area contributed by atoms with Crippen molar-refractivity contribution in [3.63, 3.8) is 0 Å². The van der Waals surface area contributed by atoms with Crippen LogP contribution in [-0.4, -0.2) is 0 Å². The number of hydrogen-bond donors (Lipinski definition) is 0. The van der Waals surface area contributed by atoms with E-state index in [1.54, 1.807) is 0 Å². The van der Waals surface area contributed by atoms with Gasteiger partial charge < -0.3 is 0 Å². The third-order valence-electron chi connectivity index (χ3n) is 2.16. The predicted molar refractivity (Wildman–Crippen MR) is 49.8 cm³/mol. The molecule has 0 saturated carbocycles. The molecule has 11 heavy (non-hydrogen) atoms. The van der Waals surface area contributed by atoms with E-state index in [9.17, 15) is 0 Å². The molecule has 0 heteroatoms. The Morgan fingerprint density at radius 1 is 1.27 bits per heavy atom. The SMILES string of the molecule is [3H]c1ccccc1C(CC)CC. The fraction of sp³-hybridized carbons (Fsp3) is 0.455. The van der Waals surface area contributed by atoms with Gasteiger partial charge in [-0.1, -0.05) is 44.2 Å². The van der Waals surface area contributed by atoms with Crippen molar-refractivity contribution in [3.05, 3.63) is 35.9 Å². The van der Waals surface area contributed by atoms with E-state index >= 15 is 0 Å². The monoisotopic (exact) mass is 150 g/mol. The first-order valence-electron chi connectivity index (χ1n) is 4.85. The van der Waals surface area contributed by atoms with Gasteiger partial charge in [0.2, 0.25) is 0 Å². The highest BCUT2D eigenvalue weighted by molar-refractivity contribution is 5.18. The predicted octanol–water partition coefficient (Wildman–Crippen LogP) is 3.59. The first-order valence-corrected chi connectivity index (χ1v) is 4.35. The Kier molecular flexibility index (Phi) is 2.62. The summed E-state index contributed by atoms with van der Waals surface area (Å²) in [4.78, 5) is 0. The minimum atomic E-state index is 0.568. The molecule has 0 heterocycles. The van der Waals surface area contributed by atoms with Crippen LogP contribution in [0.2, 0.25) is 0 Å². The second-order valence-corrected chi connectivity index (χ2v) is 2.83. The Balaban J connectivity index is 2.92. The lowest BCUT2D eigenvalue weighted by molar-refractivity contribution is 0.642. The maximum absolute atomic E-state index is 7.71. The first kappa shape index (κ1) is 6.90. The van der Waals surface area contributed by atoms with Gasteiger partial charge in [-0.2, -0.15) is 0 Å². The Labute approximate surface area is 70.7 Å². The fourth-order valence-electron chi connectivity index (χ4n) is 1.39. The van der Waals surface area contributed by atoms with Crippen LogP contribution in [0.25, 0.3) is 0 Å². The van der Waals surface area contributed by atoms with E-state index in [2.05, 4.69) is 19.9 Å². The molecule has 0 radical (unpaired) electrons. The molecule has 60 valence electrons. The lowest BCUT2D eigenvalue weighted by Crippen LogP contribution is -1.93. The molecule has 0 aliphatic heterocycles. The second kappa shape index (κ2) is 4.17. The average molecular weight is 150 g/mol. The van der Waals surface area contributed by atoms with Gasteiger partial charge in [0.05, 0.1) is 1.37 Å². The molecule has 0 N–H and O–H groups in total. The molecule has 0 aliphatic carbocycles. The first-order chi connectivity index (χ1) is 5.79. The quantitative estimate of drug-likeness (QED) is 0.617. The van der Waals surface area contributed by atoms with Gasteiger partial charge in [0.15, 0.2) is 0 Å². The molecule has 1 rings (SSSR count). The second-order valence-electron chi connectivity index (χ2n) is 2.83. The minimum absolute atomic E-state index is 0.568. The van der Waals surface area contributed by atoms with Crippen LogP contribution in [0.15, 0.2) is 30.3 Å². The number of benzene rings is 1. The van der Waals surface area contributed by atoms with Gasteiger partial charge in [-0.15, -0.1) is 0 Å². The molecular weight excluding hydrogens is 132 g/mol. The summed E-state index contributed by atoms with van der Waals surface area (Å²) in [6.45, 7) is 4.36. The summed E-state index contributed by atoms with van der Waals surface area (Å²) in [6, 6.07) is 8.57. The minimum Gasteiger partial charge on any atom is -0.0648 e. The molecule has 0 atom stereocenters. The van der Waals surface area contributed by atoms with Crippen LogP contribution in [0.1, 0.15) is 39.5 Å². The molecule has 0 spiro atoms. The van der Waals surface area contributed by atoms with Crippen LogP contribution in [0.5, 0.6) is 0 Å². The summed E-state index contributed by atoms with van der Waals surface area (Å²) in [6.07, 6.45) is 2.26. The summed E-state index contributed by atoms with van der Waals surface area (Å²) >= 11 is 0. The van der Waals surface area contributed by atoms with Crippen molar-refractivity contribution < 1.29 is 1.37 Å². The number of hydrogen-bond acceptors (Lipinski definition) is 0. The molecule has 1 aromatic carbocycles. The zero-order valence-corrected chi connectivity index (χ0v) is 7.30. The van der Waals surface area contributed by atoms with Crippen molar-refractivity contribution in [1.29, 1.82) is 0 Å². The van der Waals surface area contributed by atoms with Gasteiger partial charge in [0.25, 0.3) is 0 Å². The molecule has 0 fully saturated rings. The van der Waals surface area contributed by atoms with E-state index in [0.717, 1.165) is 12.8 Å². The molecule has 0 unspecified atom stereocenters. The van der Waals surface area contributed by atoms with Gasteiger partial charge >= 0.3 is 0 Å². The molecule has 0 nitrogen and oxygen atoms in total. The lowest BCUT2D eigenvalue weighted by atomic mass is 9.94. The maximum atomic E-state index is 7.71. The van der Waals surface area contributed by atoms with E-state index in [-0.39, 0.29) is 0 Å². The van der Waals surface area contributed by atoms with Gasteiger partial charge in [-0.25, -0.2) is 0 Å². The molecule has 0 bridgehead atoms. The normalized spacial score (nSPS) is 11.7. The van der Waals surface area contributed by atoms with Gasteiger partial charge in [-0.05, 0) is 24.3 Å². The van der Waals surface area contributed by atoms with E-state index in [4.69, 9.17) is 1.37 Å². The highest BCUT2D eigenvalue weighted by Gasteiger charge is 2.03. The van der Waals surface area contributed by atoms with Crippen LogP contribution in [-0.2, 0) is 0 Å². The van der Waals surface area contributed by atoms with Crippen molar-refractivity contribution in [3.8, 4) is 0 Å². The standard InChI is InChI=1S/C11H16/c1-3-10(4-2)11-8-6-5-7-9-11/h5-10H,3-4H2,1-2H3/i8T. The van der Waals surface area contributed by atoms with E-state index in [0.29, 0.717) is 12.0 Å². The molecule has 1 aromatic rings. The van der Waals surface area contributed by atoms with Crippen LogP contribution < -0.4 is 0 Å². The average Bonchev–Trinajstić information content (AvgIpc) is 2.10. The lowest BCUT2D eigenvalue weighted by Gasteiger charge is -2.11. The summed E-state index contributed by atoms with van der Waals surface area (Å²) in [5.41, 5.74) is 1.20. The Hall–Kier alpha value is -0.780. The van der Waals surface area contributed by atoms with Crippen molar-refractivity contribution in [2.24, 2.45) is 0 Å². The maximum Gasteiger partial charge on any atom is 0.0626 e. The van der Waals surface area contributed by atoms with Crippen LogP contribution in [0, 0.1) is 0 Å². The molecule has 0 saturated heterocycles. The fourth-order valence-corrected chi connectivity index (χ4v) is 1.39. The zero-order chi connectivity index (χ0) is 8.97. The number of rotatable bonds is 3. The van der Waals surface area contributed by atoms with E-state index in [1.807, 2.05) is 18.2 Å². The topological polar surface area (TPSA) is 0 Å². The van der Waals surface area contributed by atoms with Gasteiger partial charge in [0, 0.05) is 0 Å². The van der Waals surface area contributed by atoms with E-state index < -0.39 is 0 Å². The van der Waals surface area contributed by atoms with Crippen molar-refractivity contribution in [2.45, 2.75) is 32.6 Å².